The maximum atomic E-state index is 11.1. The van der Waals surface area contributed by atoms with Gasteiger partial charge in [-0.05, 0) is 18.2 Å². The third-order valence-electron chi connectivity index (χ3n) is 2.79. The van der Waals surface area contributed by atoms with E-state index in [0.717, 1.165) is 10.0 Å². The van der Waals surface area contributed by atoms with Gasteiger partial charge < -0.3 is 5.11 Å². The van der Waals surface area contributed by atoms with Crippen molar-refractivity contribution in [1.82, 2.24) is 14.6 Å². The fourth-order valence-corrected chi connectivity index (χ4v) is 2.54. The molecule has 1 aromatic carbocycles. The van der Waals surface area contributed by atoms with Crippen molar-refractivity contribution in [3.05, 3.63) is 51.6 Å². The molecule has 0 radical (unpaired) electrons. The molecule has 0 spiro atoms. The molecule has 0 atom stereocenters. The van der Waals surface area contributed by atoms with E-state index in [0.29, 0.717) is 11.5 Å². The number of aromatic carboxylic acids is 1. The van der Waals surface area contributed by atoms with Crippen molar-refractivity contribution in [2.45, 2.75) is 0 Å². The summed E-state index contributed by atoms with van der Waals surface area (Å²) in [5, 5.41) is 17.4. The van der Waals surface area contributed by atoms with Crippen LogP contribution in [0.4, 0.5) is 0 Å². The summed E-state index contributed by atoms with van der Waals surface area (Å²) in [5.74, 6) is -0.519. The Morgan fingerprint density at radius 2 is 2.10 bits per heavy atom. The quantitative estimate of drug-likeness (QED) is 0.766. The Morgan fingerprint density at radius 1 is 1.30 bits per heavy atom. The molecule has 3 aromatic rings. The lowest BCUT2D eigenvalue weighted by atomic mass is 10.2. The summed E-state index contributed by atoms with van der Waals surface area (Å²) in [7, 11) is 0. The zero-order valence-electron chi connectivity index (χ0n) is 9.92. The van der Waals surface area contributed by atoms with Gasteiger partial charge in [-0.1, -0.05) is 39.7 Å². The standard InChI is InChI=1S/C13H7BrClN3O2/c14-9-3-1-2-7(4-9)11-16-17-12-10(15)5-8(13(19)20)6-18(11)12/h1-6H,(H,19,20). The van der Waals surface area contributed by atoms with Crippen LogP contribution in [-0.4, -0.2) is 25.7 Å². The molecule has 0 saturated heterocycles. The van der Waals surface area contributed by atoms with Gasteiger partial charge in [0.05, 0.1) is 10.6 Å². The van der Waals surface area contributed by atoms with Crippen LogP contribution in [0, 0.1) is 0 Å². The van der Waals surface area contributed by atoms with Crippen molar-refractivity contribution in [1.29, 1.82) is 0 Å². The highest BCUT2D eigenvalue weighted by molar-refractivity contribution is 9.10. The Hall–Kier alpha value is -1.92. The van der Waals surface area contributed by atoms with Gasteiger partial charge >= 0.3 is 5.97 Å². The number of carboxylic acid groups (broad SMARTS) is 1. The summed E-state index contributed by atoms with van der Waals surface area (Å²) in [5.41, 5.74) is 1.32. The fourth-order valence-electron chi connectivity index (χ4n) is 1.90. The number of benzene rings is 1. The number of carboxylic acids is 1. The molecule has 0 bridgehead atoms. The zero-order valence-corrected chi connectivity index (χ0v) is 12.3. The summed E-state index contributed by atoms with van der Waals surface area (Å²) in [6.45, 7) is 0. The molecular weight excluding hydrogens is 346 g/mol. The van der Waals surface area contributed by atoms with Crippen molar-refractivity contribution in [3.8, 4) is 11.4 Å². The van der Waals surface area contributed by atoms with Gasteiger partial charge in [-0.15, -0.1) is 10.2 Å². The number of hydrogen-bond donors (Lipinski definition) is 1. The molecule has 5 nitrogen and oxygen atoms in total. The van der Waals surface area contributed by atoms with Gasteiger partial charge in [0, 0.05) is 16.2 Å². The molecule has 7 heteroatoms. The number of fused-ring (bicyclic) bond motifs is 1. The first-order valence-corrected chi connectivity index (χ1v) is 6.77. The highest BCUT2D eigenvalue weighted by Gasteiger charge is 2.14. The van der Waals surface area contributed by atoms with Gasteiger partial charge in [0.15, 0.2) is 11.5 Å². The van der Waals surface area contributed by atoms with E-state index >= 15 is 0 Å². The number of carbonyl (C=O) groups is 1. The van der Waals surface area contributed by atoms with E-state index in [4.69, 9.17) is 16.7 Å². The largest absolute Gasteiger partial charge is 0.478 e. The first kappa shape index (κ1) is 13.1. The number of nitrogens with zero attached hydrogens (tertiary/aromatic N) is 3. The summed E-state index contributed by atoms with van der Waals surface area (Å²) in [6, 6.07) is 8.85. The maximum Gasteiger partial charge on any atom is 0.337 e. The van der Waals surface area contributed by atoms with E-state index in [1.165, 1.54) is 12.3 Å². The minimum absolute atomic E-state index is 0.0820. The zero-order chi connectivity index (χ0) is 14.3. The second kappa shape index (κ2) is 4.88. The smallest absolute Gasteiger partial charge is 0.337 e. The first-order chi connectivity index (χ1) is 9.56. The Labute approximate surface area is 127 Å². The van der Waals surface area contributed by atoms with E-state index in [1.54, 1.807) is 4.40 Å². The van der Waals surface area contributed by atoms with Crippen LogP contribution in [0.5, 0.6) is 0 Å². The van der Waals surface area contributed by atoms with Gasteiger partial charge in [0.1, 0.15) is 0 Å². The van der Waals surface area contributed by atoms with Crippen LogP contribution in [0.15, 0.2) is 41.0 Å². The number of hydrogen-bond acceptors (Lipinski definition) is 3. The molecule has 2 aromatic heterocycles. The van der Waals surface area contributed by atoms with E-state index < -0.39 is 5.97 Å². The minimum Gasteiger partial charge on any atom is -0.478 e. The fraction of sp³-hybridized carbons (Fsp3) is 0. The molecule has 0 aliphatic heterocycles. The van der Waals surface area contributed by atoms with Crippen LogP contribution in [0.25, 0.3) is 17.0 Å². The van der Waals surface area contributed by atoms with Crippen molar-refractivity contribution in [2.75, 3.05) is 0 Å². The molecule has 1 N–H and O–H groups in total. The molecule has 0 saturated carbocycles. The Balaban J connectivity index is 2.29. The minimum atomic E-state index is -1.05. The Bertz CT molecular complexity index is 832. The average molecular weight is 353 g/mol. The monoisotopic (exact) mass is 351 g/mol. The summed E-state index contributed by atoms with van der Waals surface area (Å²) < 4.78 is 2.47. The lowest BCUT2D eigenvalue weighted by molar-refractivity contribution is 0.0696. The van der Waals surface area contributed by atoms with Crippen LogP contribution < -0.4 is 0 Å². The van der Waals surface area contributed by atoms with Crippen LogP contribution in [0.2, 0.25) is 5.02 Å². The van der Waals surface area contributed by atoms with Crippen LogP contribution in [0.3, 0.4) is 0 Å². The number of aromatic nitrogens is 3. The second-order valence-electron chi connectivity index (χ2n) is 4.11. The maximum absolute atomic E-state index is 11.1. The number of pyridine rings is 1. The SMILES string of the molecule is O=C(O)c1cc(Cl)c2nnc(-c3cccc(Br)c3)n2c1. The van der Waals surface area contributed by atoms with Crippen LogP contribution in [-0.2, 0) is 0 Å². The Morgan fingerprint density at radius 3 is 2.80 bits per heavy atom. The van der Waals surface area contributed by atoms with E-state index in [-0.39, 0.29) is 10.6 Å². The van der Waals surface area contributed by atoms with Crippen molar-refractivity contribution in [2.24, 2.45) is 0 Å². The molecule has 100 valence electrons. The van der Waals surface area contributed by atoms with Gasteiger partial charge in [-0.2, -0.15) is 0 Å². The summed E-state index contributed by atoms with van der Waals surface area (Å²) in [6.07, 6.45) is 1.46. The molecule has 2 heterocycles. The summed E-state index contributed by atoms with van der Waals surface area (Å²) in [4.78, 5) is 11.1. The molecule has 0 aliphatic rings. The predicted molar refractivity (Wildman–Crippen MR) is 78.1 cm³/mol. The lowest BCUT2D eigenvalue weighted by Gasteiger charge is -2.03. The molecule has 3 rings (SSSR count). The lowest BCUT2D eigenvalue weighted by Crippen LogP contribution is -2.00. The van der Waals surface area contributed by atoms with Crippen molar-refractivity contribution >= 4 is 39.1 Å². The highest BCUT2D eigenvalue weighted by Crippen LogP contribution is 2.25. The number of halogens is 2. The average Bonchev–Trinajstić information content (AvgIpc) is 2.83. The molecule has 0 fully saturated rings. The molecule has 0 amide bonds. The predicted octanol–water partition coefficient (Wildman–Crippen LogP) is 3.51. The molecule has 0 unspecified atom stereocenters. The van der Waals surface area contributed by atoms with Gasteiger partial charge in [-0.3, -0.25) is 4.40 Å². The van der Waals surface area contributed by atoms with E-state index in [2.05, 4.69) is 26.1 Å². The molecular formula is C13H7BrClN3O2. The van der Waals surface area contributed by atoms with Crippen molar-refractivity contribution in [3.63, 3.8) is 0 Å². The van der Waals surface area contributed by atoms with Gasteiger partial charge in [-0.25, -0.2) is 4.79 Å². The third-order valence-corrected chi connectivity index (χ3v) is 3.56. The van der Waals surface area contributed by atoms with Crippen LogP contribution in [0.1, 0.15) is 10.4 Å². The second-order valence-corrected chi connectivity index (χ2v) is 5.43. The van der Waals surface area contributed by atoms with Crippen molar-refractivity contribution < 1.29 is 9.90 Å². The molecule has 20 heavy (non-hydrogen) atoms. The first-order valence-electron chi connectivity index (χ1n) is 5.60. The number of rotatable bonds is 2. The van der Waals surface area contributed by atoms with Crippen LogP contribution >= 0.6 is 27.5 Å². The summed E-state index contributed by atoms with van der Waals surface area (Å²) >= 11 is 9.43. The molecule has 0 aliphatic carbocycles. The normalized spacial score (nSPS) is 10.9. The van der Waals surface area contributed by atoms with E-state index in [9.17, 15) is 4.79 Å². The highest BCUT2D eigenvalue weighted by atomic mass is 79.9. The topological polar surface area (TPSA) is 67.5 Å². The van der Waals surface area contributed by atoms with Gasteiger partial charge in [0.25, 0.3) is 0 Å². The Kier molecular flexibility index (Phi) is 3.19. The van der Waals surface area contributed by atoms with Gasteiger partial charge in [0.2, 0.25) is 0 Å². The third kappa shape index (κ3) is 2.17. The van der Waals surface area contributed by atoms with E-state index in [1.807, 2.05) is 24.3 Å².